The highest BCUT2D eigenvalue weighted by atomic mass is 16.5. The van der Waals surface area contributed by atoms with Gasteiger partial charge >= 0.3 is 5.97 Å². The normalized spacial score (nSPS) is 20.5. The molecule has 1 saturated heterocycles. The lowest BCUT2D eigenvalue weighted by Crippen LogP contribution is -2.44. The van der Waals surface area contributed by atoms with Crippen LogP contribution >= 0.6 is 0 Å². The molecule has 7 heteroatoms. The fourth-order valence-electron chi connectivity index (χ4n) is 2.99. The Labute approximate surface area is 151 Å². The van der Waals surface area contributed by atoms with Gasteiger partial charge in [-0.2, -0.15) is 0 Å². The van der Waals surface area contributed by atoms with Crippen molar-refractivity contribution in [1.82, 2.24) is 10.6 Å². The van der Waals surface area contributed by atoms with Gasteiger partial charge in [-0.3, -0.25) is 9.79 Å². The van der Waals surface area contributed by atoms with E-state index in [1.165, 1.54) is 0 Å². The van der Waals surface area contributed by atoms with Gasteiger partial charge in [0.25, 0.3) is 0 Å². The summed E-state index contributed by atoms with van der Waals surface area (Å²) in [6, 6.07) is 0. The molecule has 1 aliphatic heterocycles. The minimum atomic E-state index is -0.0991. The number of guanidine groups is 1. The van der Waals surface area contributed by atoms with Crippen LogP contribution in [0.15, 0.2) is 4.99 Å². The van der Waals surface area contributed by atoms with Gasteiger partial charge in [0.15, 0.2) is 5.96 Å². The average Bonchev–Trinajstić information content (AvgIpc) is 3.06. The Hall–Kier alpha value is -1.34. The Morgan fingerprint density at radius 2 is 2.08 bits per heavy atom. The molecule has 0 aromatic rings. The van der Waals surface area contributed by atoms with Gasteiger partial charge in [0.1, 0.15) is 0 Å². The van der Waals surface area contributed by atoms with E-state index < -0.39 is 0 Å². The van der Waals surface area contributed by atoms with Crippen molar-refractivity contribution in [2.75, 3.05) is 46.6 Å². The van der Waals surface area contributed by atoms with Crippen molar-refractivity contribution in [2.24, 2.45) is 10.4 Å². The number of carbonyl (C=O) groups is 1. The molecule has 0 spiro atoms. The zero-order chi connectivity index (χ0) is 18.4. The minimum absolute atomic E-state index is 0.0134. The van der Waals surface area contributed by atoms with Gasteiger partial charge in [0.05, 0.1) is 13.2 Å². The maximum Gasteiger partial charge on any atom is 0.305 e. The number of aliphatic hydroxyl groups excluding tert-OH is 1. The highest BCUT2D eigenvalue weighted by Crippen LogP contribution is 2.31. The van der Waals surface area contributed by atoms with Crippen molar-refractivity contribution in [2.45, 2.75) is 51.9 Å². The van der Waals surface area contributed by atoms with Crippen LogP contribution in [0, 0.1) is 5.41 Å². The first kappa shape index (κ1) is 21.7. The maximum absolute atomic E-state index is 11.2. The zero-order valence-electron chi connectivity index (χ0n) is 15.8. The number of aliphatic imine (C=N–C) groups is 1. The molecule has 0 aromatic carbocycles. The first-order valence-corrected chi connectivity index (χ1v) is 9.44. The van der Waals surface area contributed by atoms with Crippen LogP contribution in [0.2, 0.25) is 0 Å². The van der Waals surface area contributed by atoms with E-state index in [2.05, 4.69) is 15.6 Å². The summed E-state index contributed by atoms with van der Waals surface area (Å²) in [6.07, 6.45) is 6.26. The lowest BCUT2D eigenvalue weighted by Gasteiger charge is -2.27. The van der Waals surface area contributed by atoms with Crippen LogP contribution in [-0.2, 0) is 14.3 Å². The van der Waals surface area contributed by atoms with E-state index >= 15 is 0 Å². The molecule has 1 atom stereocenters. The van der Waals surface area contributed by atoms with Crippen LogP contribution in [0.1, 0.15) is 51.9 Å². The molecule has 0 radical (unpaired) electrons. The Bertz CT molecular complexity index is 396. The Balaban J connectivity index is 2.11. The number of esters is 1. The Morgan fingerprint density at radius 3 is 2.72 bits per heavy atom. The van der Waals surface area contributed by atoms with Gasteiger partial charge in [0.2, 0.25) is 0 Å². The molecular weight excluding hydrogens is 322 g/mol. The Kier molecular flexibility index (Phi) is 11.2. The van der Waals surface area contributed by atoms with Crippen molar-refractivity contribution in [1.29, 1.82) is 0 Å². The summed E-state index contributed by atoms with van der Waals surface area (Å²) in [4.78, 5) is 15.5. The summed E-state index contributed by atoms with van der Waals surface area (Å²) >= 11 is 0. The number of nitrogens with one attached hydrogen (secondary N) is 2. The molecule has 0 aromatic heterocycles. The first-order valence-electron chi connectivity index (χ1n) is 9.44. The third kappa shape index (κ3) is 9.07. The van der Waals surface area contributed by atoms with E-state index in [9.17, 15) is 9.90 Å². The van der Waals surface area contributed by atoms with Crippen molar-refractivity contribution < 1.29 is 19.4 Å². The fraction of sp³-hybridized carbons (Fsp3) is 0.889. The lowest BCUT2D eigenvalue weighted by molar-refractivity contribution is -0.143. The number of nitrogens with zero attached hydrogens (tertiary/aromatic N) is 1. The predicted octanol–water partition coefficient (Wildman–Crippen LogP) is 1.45. The molecule has 0 aliphatic carbocycles. The second-order valence-corrected chi connectivity index (χ2v) is 6.60. The molecule has 25 heavy (non-hydrogen) atoms. The summed E-state index contributed by atoms with van der Waals surface area (Å²) < 4.78 is 10.4. The molecule has 1 unspecified atom stereocenters. The summed E-state index contributed by atoms with van der Waals surface area (Å²) in [5.74, 6) is 0.689. The fourth-order valence-corrected chi connectivity index (χ4v) is 2.99. The molecule has 1 fully saturated rings. The zero-order valence-corrected chi connectivity index (χ0v) is 15.8. The van der Waals surface area contributed by atoms with Gasteiger partial charge in [-0.15, -0.1) is 0 Å². The van der Waals surface area contributed by atoms with Gasteiger partial charge in [-0.05, 0) is 32.6 Å². The third-order valence-corrected chi connectivity index (χ3v) is 4.59. The summed E-state index contributed by atoms with van der Waals surface area (Å²) in [7, 11) is 1.76. The van der Waals surface area contributed by atoms with Gasteiger partial charge < -0.3 is 25.2 Å². The van der Waals surface area contributed by atoms with E-state index in [1.54, 1.807) is 7.05 Å². The third-order valence-electron chi connectivity index (χ3n) is 4.59. The van der Waals surface area contributed by atoms with E-state index in [1.807, 2.05) is 6.92 Å². The van der Waals surface area contributed by atoms with Gasteiger partial charge in [-0.1, -0.05) is 12.8 Å². The van der Waals surface area contributed by atoms with Crippen LogP contribution in [0.3, 0.4) is 0 Å². The van der Waals surface area contributed by atoms with E-state index in [0.29, 0.717) is 19.6 Å². The second kappa shape index (κ2) is 12.9. The van der Waals surface area contributed by atoms with Crippen LogP contribution in [0.5, 0.6) is 0 Å². The number of unbranched alkanes of at least 4 members (excludes halogenated alkanes) is 3. The SMILES string of the molecule is CCOC(=O)CCCCCCNC(=NC)NCC1(CCO)CCOC1. The minimum Gasteiger partial charge on any atom is -0.466 e. The summed E-state index contributed by atoms with van der Waals surface area (Å²) in [5, 5.41) is 15.9. The molecule has 3 N–H and O–H groups in total. The average molecular weight is 357 g/mol. The van der Waals surface area contributed by atoms with Crippen LogP contribution in [-0.4, -0.2) is 63.6 Å². The van der Waals surface area contributed by atoms with Gasteiger partial charge in [0, 0.05) is 45.2 Å². The van der Waals surface area contributed by atoms with E-state index in [0.717, 1.165) is 64.2 Å². The maximum atomic E-state index is 11.2. The highest BCUT2D eigenvalue weighted by Gasteiger charge is 2.34. The van der Waals surface area contributed by atoms with E-state index in [4.69, 9.17) is 9.47 Å². The second-order valence-electron chi connectivity index (χ2n) is 6.60. The summed E-state index contributed by atoms with van der Waals surface area (Å²) in [5.41, 5.74) is 0.0134. The number of carbonyl (C=O) groups excluding carboxylic acids is 1. The monoisotopic (exact) mass is 357 g/mol. The van der Waals surface area contributed by atoms with Crippen LogP contribution < -0.4 is 10.6 Å². The molecule has 0 saturated carbocycles. The summed E-state index contributed by atoms with van der Waals surface area (Å²) in [6.45, 7) is 5.53. The highest BCUT2D eigenvalue weighted by molar-refractivity contribution is 5.79. The molecule has 1 aliphatic rings. The molecule has 0 bridgehead atoms. The molecular formula is C18H35N3O4. The van der Waals surface area contributed by atoms with Crippen molar-refractivity contribution in [3.05, 3.63) is 0 Å². The standard InChI is InChI=1S/C18H35N3O4/c1-3-25-16(23)8-6-4-5-7-11-20-17(19-2)21-14-18(9-12-22)10-13-24-15-18/h22H,3-15H2,1-2H3,(H2,19,20,21). The van der Waals surface area contributed by atoms with E-state index in [-0.39, 0.29) is 18.0 Å². The molecule has 7 nitrogen and oxygen atoms in total. The first-order chi connectivity index (χ1) is 12.2. The predicted molar refractivity (Wildman–Crippen MR) is 98.7 cm³/mol. The largest absolute Gasteiger partial charge is 0.466 e. The van der Waals surface area contributed by atoms with Crippen LogP contribution in [0.25, 0.3) is 0 Å². The lowest BCUT2D eigenvalue weighted by atomic mass is 9.84. The number of aliphatic hydroxyl groups is 1. The number of hydrogen-bond donors (Lipinski definition) is 3. The molecule has 1 rings (SSSR count). The molecule has 146 valence electrons. The molecule has 1 heterocycles. The van der Waals surface area contributed by atoms with Crippen molar-refractivity contribution >= 4 is 11.9 Å². The van der Waals surface area contributed by atoms with Gasteiger partial charge in [-0.25, -0.2) is 0 Å². The number of hydrogen-bond acceptors (Lipinski definition) is 5. The molecule has 0 amide bonds. The number of rotatable bonds is 12. The van der Waals surface area contributed by atoms with Crippen molar-refractivity contribution in [3.8, 4) is 0 Å². The quantitative estimate of drug-likeness (QED) is 0.212. The number of ether oxygens (including phenoxy) is 2. The smallest absolute Gasteiger partial charge is 0.305 e. The Morgan fingerprint density at radius 1 is 1.28 bits per heavy atom. The van der Waals surface area contributed by atoms with Crippen molar-refractivity contribution in [3.63, 3.8) is 0 Å². The topological polar surface area (TPSA) is 92.2 Å². The van der Waals surface area contributed by atoms with Crippen LogP contribution in [0.4, 0.5) is 0 Å².